The van der Waals surface area contributed by atoms with Crippen LogP contribution in [0.4, 0.5) is 4.39 Å². The first-order valence-electron chi connectivity index (χ1n) is 5.65. The summed E-state index contributed by atoms with van der Waals surface area (Å²) in [7, 11) is 1.32. The predicted octanol–water partition coefficient (Wildman–Crippen LogP) is 1.82. The molecule has 4 nitrogen and oxygen atoms in total. The van der Waals surface area contributed by atoms with Crippen LogP contribution < -0.4 is 5.32 Å². The molecule has 0 radical (unpaired) electrons. The van der Waals surface area contributed by atoms with Gasteiger partial charge < -0.3 is 10.1 Å². The van der Waals surface area contributed by atoms with Crippen molar-refractivity contribution in [1.29, 1.82) is 0 Å². The van der Waals surface area contributed by atoms with E-state index in [1.807, 2.05) is 0 Å². The van der Waals surface area contributed by atoms with Gasteiger partial charge >= 0.3 is 5.97 Å². The standard InChI is InChI=1S/C13H16FNO3/c1-9-8-10(5-6-11(9)14)13(17)15-7-3-4-12(16)18-2/h5-6,8H,3-4,7H2,1-2H3,(H,15,17). The molecule has 0 aliphatic rings. The van der Waals surface area contributed by atoms with Crippen molar-refractivity contribution < 1.29 is 18.7 Å². The Hall–Kier alpha value is -1.91. The minimum Gasteiger partial charge on any atom is -0.469 e. The molecule has 0 aliphatic heterocycles. The minimum atomic E-state index is -0.336. The van der Waals surface area contributed by atoms with Gasteiger partial charge in [-0.25, -0.2) is 4.39 Å². The largest absolute Gasteiger partial charge is 0.469 e. The molecule has 98 valence electrons. The monoisotopic (exact) mass is 253 g/mol. The fourth-order valence-corrected chi connectivity index (χ4v) is 1.42. The second-order valence-corrected chi connectivity index (χ2v) is 3.90. The van der Waals surface area contributed by atoms with Crippen molar-refractivity contribution in [2.75, 3.05) is 13.7 Å². The molecule has 0 heterocycles. The first-order valence-corrected chi connectivity index (χ1v) is 5.65. The van der Waals surface area contributed by atoms with Crippen LogP contribution in [0.25, 0.3) is 0 Å². The Kier molecular flexibility index (Phi) is 5.30. The van der Waals surface area contributed by atoms with E-state index in [9.17, 15) is 14.0 Å². The van der Waals surface area contributed by atoms with Gasteiger partial charge in [0.15, 0.2) is 0 Å². The number of halogens is 1. The number of methoxy groups -OCH3 is 1. The molecule has 0 atom stereocenters. The maximum atomic E-state index is 13.0. The summed E-state index contributed by atoms with van der Waals surface area (Å²) in [6.45, 7) is 1.98. The highest BCUT2D eigenvalue weighted by molar-refractivity contribution is 5.94. The topological polar surface area (TPSA) is 55.4 Å². The molecule has 0 aliphatic carbocycles. The fraction of sp³-hybridized carbons (Fsp3) is 0.385. The zero-order valence-electron chi connectivity index (χ0n) is 10.5. The van der Waals surface area contributed by atoms with Gasteiger partial charge in [-0.15, -0.1) is 0 Å². The van der Waals surface area contributed by atoms with Gasteiger partial charge in [0.05, 0.1) is 7.11 Å². The molecule has 0 bridgehead atoms. The highest BCUT2D eigenvalue weighted by atomic mass is 19.1. The maximum absolute atomic E-state index is 13.0. The third-order valence-electron chi connectivity index (χ3n) is 2.49. The van der Waals surface area contributed by atoms with Gasteiger partial charge in [-0.05, 0) is 37.1 Å². The van der Waals surface area contributed by atoms with Gasteiger partial charge in [-0.3, -0.25) is 9.59 Å². The Morgan fingerprint density at radius 2 is 2.11 bits per heavy atom. The lowest BCUT2D eigenvalue weighted by Crippen LogP contribution is -2.25. The van der Waals surface area contributed by atoms with Crippen molar-refractivity contribution in [1.82, 2.24) is 5.32 Å². The normalized spacial score (nSPS) is 9.94. The van der Waals surface area contributed by atoms with Gasteiger partial charge in [0.25, 0.3) is 5.91 Å². The molecule has 1 amide bonds. The van der Waals surface area contributed by atoms with E-state index in [2.05, 4.69) is 10.1 Å². The van der Waals surface area contributed by atoms with E-state index < -0.39 is 0 Å². The minimum absolute atomic E-state index is 0.263. The van der Waals surface area contributed by atoms with Gasteiger partial charge in [0, 0.05) is 18.5 Å². The molecule has 0 aromatic heterocycles. The zero-order chi connectivity index (χ0) is 13.5. The van der Waals surface area contributed by atoms with Crippen LogP contribution in [0.2, 0.25) is 0 Å². The molecule has 1 aromatic carbocycles. The average Bonchev–Trinajstić information content (AvgIpc) is 2.37. The number of esters is 1. The van der Waals surface area contributed by atoms with Crippen molar-refractivity contribution >= 4 is 11.9 Å². The molecular weight excluding hydrogens is 237 g/mol. The van der Waals surface area contributed by atoms with Crippen LogP contribution >= 0.6 is 0 Å². The van der Waals surface area contributed by atoms with E-state index in [1.54, 1.807) is 6.92 Å². The first kappa shape index (κ1) is 14.2. The molecular formula is C13H16FNO3. The van der Waals surface area contributed by atoms with E-state index in [0.29, 0.717) is 24.1 Å². The number of amides is 1. The van der Waals surface area contributed by atoms with Gasteiger partial charge in [0.2, 0.25) is 0 Å². The van der Waals surface area contributed by atoms with Crippen LogP contribution in [-0.2, 0) is 9.53 Å². The quantitative estimate of drug-likeness (QED) is 0.643. The van der Waals surface area contributed by atoms with Crippen LogP contribution in [0, 0.1) is 12.7 Å². The number of ether oxygens (including phenoxy) is 1. The third-order valence-corrected chi connectivity index (χ3v) is 2.49. The predicted molar refractivity (Wildman–Crippen MR) is 64.7 cm³/mol. The molecule has 5 heteroatoms. The van der Waals surface area contributed by atoms with E-state index >= 15 is 0 Å². The molecule has 1 rings (SSSR count). The first-order chi connectivity index (χ1) is 8.54. The van der Waals surface area contributed by atoms with Crippen LogP contribution in [-0.4, -0.2) is 25.5 Å². The van der Waals surface area contributed by atoms with Crippen LogP contribution in [0.3, 0.4) is 0 Å². The van der Waals surface area contributed by atoms with Crippen LogP contribution in [0.1, 0.15) is 28.8 Å². The molecule has 0 fully saturated rings. The molecule has 0 saturated carbocycles. The highest BCUT2D eigenvalue weighted by Crippen LogP contribution is 2.09. The van der Waals surface area contributed by atoms with Crippen molar-refractivity contribution in [2.45, 2.75) is 19.8 Å². The lowest BCUT2D eigenvalue weighted by Gasteiger charge is -2.06. The highest BCUT2D eigenvalue weighted by Gasteiger charge is 2.07. The number of aryl methyl sites for hydroxylation is 1. The molecule has 18 heavy (non-hydrogen) atoms. The summed E-state index contributed by atoms with van der Waals surface area (Å²) in [6.07, 6.45) is 0.776. The summed E-state index contributed by atoms with van der Waals surface area (Å²) in [5, 5.41) is 2.66. The average molecular weight is 253 g/mol. The maximum Gasteiger partial charge on any atom is 0.305 e. The third kappa shape index (κ3) is 4.16. The summed E-state index contributed by atoms with van der Waals surface area (Å²) >= 11 is 0. The molecule has 0 saturated heterocycles. The second-order valence-electron chi connectivity index (χ2n) is 3.90. The second kappa shape index (κ2) is 6.74. The lowest BCUT2D eigenvalue weighted by atomic mass is 10.1. The lowest BCUT2D eigenvalue weighted by molar-refractivity contribution is -0.140. The van der Waals surface area contributed by atoms with E-state index in [1.165, 1.54) is 25.3 Å². The number of hydrogen-bond donors (Lipinski definition) is 1. The van der Waals surface area contributed by atoms with Gasteiger partial charge in [-0.2, -0.15) is 0 Å². The fourth-order valence-electron chi connectivity index (χ4n) is 1.42. The zero-order valence-corrected chi connectivity index (χ0v) is 10.5. The van der Waals surface area contributed by atoms with E-state index in [-0.39, 0.29) is 24.1 Å². The van der Waals surface area contributed by atoms with E-state index in [4.69, 9.17) is 0 Å². The molecule has 0 spiro atoms. The summed E-state index contributed by atoms with van der Waals surface area (Å²) in [5.74, 6) is -0.915. The summed E-state index contributed by atoms with van der Waals surface area (Å²) in [4.78, 5) is 22.5. The number of nitrogens with one attached hydrogen (secondary N) is 1. The molecule has 1 aromatic rings. The van der Waals surface area contributed by atoms with Crippen LogP contribution in [0.5, 0.6) is 0 Å². The van der Waals surface area contributed by atoms with E-state index in [0.717, 1.165) is 0 Å². The van der Waals surface area contributed by atoms with Crippen LogP contribution in [0.15, 0.2) is 18.2 Å². The van der Waals surface area contributed by atoms with Crippen molar-refractivity contribution in [3.05, 3.63) is 35.1 Å². The Morgan fingerprint density at radius 1 is 1.39 bits per heavy atom. The van der Waals surface area contributed by atoms with Gasteiger partial charge in [0.1, 0.15) is 5.82 Å². The number of carbonyl (C=O) groups is 2. The molecule has 1 N–H and O–H groups in total. The SMILES string of the molecule is COC(=O)CCCNC(=O)c1ccc(F)c(C)c1. The number of rotatable bonds is 5. The van der Waals surface area contributed by atoms with Crippen molar-refractivity contribution in [2.24, 2.45) is 0 Å². The number of carbonyl (C=O) groups excluding carboxylic acids is 2. The molecule has 0 unspecified atom stereocenters. The summed E-state index contributed by atoms with van der Waals surface area (Å²) in [6, 6.07) is 4.18. The Labute approximate surface area is 105 Å². The Bertz CT molecular complexity index is 446. The van der Waals surface area contributed by atoms with Crippen molar-refractivity contribution in [3.63, 3.8) is 0 Å². The summed E-state index contributed by atoms with van der Waals surface area (Å²) in [5.41, 5.74) is 0.837. The van der Waals surface area contributed by atoms with Crippen molar-refractivity contribution in [3.8, 4) is 0 Å². The Morgan fingerprint density at radius 3 is 2.72 bits per heavy atom. The number of benzene rings is 1. The Balaban J connectivity index is 2.41. The summed E-state index contributed by atoms with van der Waals surface area (Å²) < 4.78 is 17.5. The smallest absolute Gasteiger partial charge is 0.305 e. The number of hydrogen-bond acceptors (Lipinski definition) is 3. The van der Waals surface area contributed by atoms with Gasteiger partial charge in [-0.1, -0.05) is 0 Å².